The number of nitrogens with zero attached hydrogens (tertiary/aromatic N) is 5. The van der Waals surface area contributed by atoms with Gasteiger partial charge >= 0.3 is 0 Å². The van der Waals surface area contributed by atoms with E-state index in [4.69, 9.17) is 0 Å². The highest BCUT2D eigenvalue weighted by molar-refractivity contribution is 6.04. The molecule has 7 aromatic rings. The molecule has 0 atom stereocenters. The highest BCUT2D eigenvalue weighted by atomic mass is 19.1. The van der Waals surface area contributed by atoms with E-state index in [-0.39, 0.29) is 34.0 Å². The molecule has 0 aliphatic heterocycles. The molecule has 0 bridgehead atoms. The maximum absolute atomic E-state index is 16.1. The van der Waals surface area contributed by atoms with Crippen LogP contribution in [0, 0.1) is 11.6 Å². The fourth-order valence-corrected chi connectivity index (χ4v) is 4.64. The molecule has 5 aromatic heterocycles. The average molecular weight is 545 g/mol. The van der Waals surface area contributed by atoms with Crippen LogP contribution in [0.4, 0.5) is 14.5 Å². The minimum Gasteiger partial charge on any atom is -0.336 e. The van der Waals surface area contributed by atoms with Gasteiger partial charge in [0, 0.05) is 40.8 Å². The Balaban J connectivity index is 1.28. The highest BCUT2D eigenvalue weighted by Crippen LogP contribution is 2.34. The van der Waals surface area contributed by atoms with Crippen LogP contribution in [0.5, 0.6) is 0 Å². The quantitative estimate of drug-likeness (QED) is 0.239. The second kappa shape index (κ2) is 9.72. The van der Waals surface area contributed by atoms with E-state index in [9.17, 15) is 9.18 Å². The molecule has 1 amide bonds. The lowest BCUT2D eigenvalue weighted by molar-refractivity contribution is 0.102. The summed E-state index contributed by atoms with van der Waals surface area (Å²) >= 11 is 0. The molecule has 0 saturated carbocycles. The summed E-state index contributed by atoms with van der Waals surface area (Å²) in [6.45, 7) is 0. The summed E-state index contributed by atoms with van der Waals surface area (Å²) in [6, 6.07) is 18.1. The third kappa shape index (κ3) is 4.35. The van der Waals surface area contributed by atoms with E-state index in [1.54, 1.807) is 54.7 Å². The van der Waals surface area contributed by atoms with Crippen LogP contribution in [0.25, 0.3) is 56.0 Å². The second-order valence-electron chi connectivity index (χ2n) is 9.21. The summed E-state index contributed by atoms with van der Waals surface area (Å²) < 4.78 is 29.6. The van der Waals surface area contributed by atoms with Crippen molar-refractivity contribution in [3.8, 4) is 33.9 Å². The number of rotatable bonds is 5. The molecule has 3 N–H and O–H groups in total. The predicted octanol–water partition coefficient (Wildman–Crippen LogP) is 6.16. The van der Waals surface area contributed by atoms with E-state index in [2.05, 4.69) is 40.4 Å². The Hall–Kier alpha value is -5.84. The summed E-state index contributed by atoms with van der Waals surface area (Å²) in [7, 11) is 0. The van der Waals surface area contributed by atoms with Crippen molar-refractivity contribution >= 4 is 33.7 Å². The monoisotopic (exact) mass is 544 g/mol. The number of amides is 1. The Morgan fingerprint density at radius 3 is 2.51 bits per heavy atom. The molecule has 0 spiro atoms. The number of carbonyl (C=O) groups excluding carboxylic acids is 1. The van der Waals surface area contributed by atoms with Crippen LogP contribution in [0.3, 0.4) is 0 Å². The van der Waals surface area contributed by atoms with Crippen LogP contribution in [0.1, 0.15) is 10.4 Å². The summed E-state index contributed by atoms with van der Waals surface area (Å²) in [6.07, 6.45) is 5.97. The zero-order valence-electron chi connectivity index (χ0n) is 21.1. The first-order valence-corrected chi connectivity index (χ1v) is 12.5. The predicted molar refractivity (Wildman–Crippen MR) is 150 cm³/mol. The molecular weight excluding hydrogens is 526 g/mol. The van der Waals surface area contributed by atoms with Gasteiger partial charge in [-0.15, -0.1) is 0 Å². The average Bonchev–Trinajstić information content (AvgIpc) is 3.63. The molecule has 41 heavy (non-hydrogen) atoms. The number of fused-ring (bicyclic) bond motifs is 2. The smallest absolute Gasteiger partial charge is 0.255 e. The van der Waals surface area contributed by atoms with Crippen LogP contribution >= 0.6 is 0 Å². The Morgan fingerprint density at radius 2 is 1.68 bits per heavy atom. The van der Waals surface area contributed by atoms with Crippen molar-refractivity contribution in [2.24, 2.45) is 0 Å². The lowest BCUT2D eigenvalue weighted by Crippen LogP contribution is -2.11. The number of H-pyrrole nitrogens is 2. The number of hydrogen-bond acceptors (Lipinski definition) is 6. The number of nitrogens with one attached hydrogen (secondary N) is 3. The van der Waals surface area contributed by atoms with Gasteiger partial charge in [0.1, 0.15) is 22.8 Å². The maximum atomic E-state index is 16.1. The molecule has 0 radical (unpaired) electrons. The minimum absolute atomic E-state index is 0.136. The van der Waals surface area contributed by atoms with Crippen molar-refractivity contribution in [1.82, 2.24) is 35.1 Å². The van der Waals surface area contributed by atoms with E-state index < -0.39 is 5.82 Å². The van der Waals surface area contributed by atoms with Gasteiger partial charge in [-0.25, -0.2) is 18.7 Å². The zero-order chi connectivity index (χ0) is 27.9. The molecule has 0 fully saturated rings. The Morgan fingerprint density at radius 1 is 0.854 bits per heavy atom. The number of aromatic amines is 2. The maximum Gasteiger partial charge on any atom is 0.255 e. The number of halogens is 2. The van der Waals surface area contributed by atoms with Gasteiger partial charge in [-0.2, -0.15) is 5.10 Å². The van der Waals surface area contributed by atoms with Crippen molar-refractivity contribution in [3.05, 3.63) is 109 Å². The van der Waals surface area contributed by atoms with Crippen molar-refractivity contribution in [3.63, 3.8) is 0 Å². The van der Waals surface area contributed by atoms with Crippen LogP contribution in [-0.2, 0) is 0 Å². The first-order chi connectivity index (χ1) is 20.0. The molecule has 5 heterocycles. The molecule has 2 aromatic carbocycles. The zero-order valence-corrected chi connectivity index (χ0v) is 21.1. The van der Waals surface area contributed by atoms with Gasteiger partial charge in [0.15, 0.2) is 11.5 Å². The Bertz CT molecular complexity index is 2070. The molecule has 0 aliphatic rings. The van der Waals surface area contributed by atoms with Crippen molar-refractivity contribution in [2.75, 3.05) is 5.32 Å². The van der Waals surface area contributed by atoms with Crippen LogP contribution < -0.4 is 5.32 Å². The fraction of sp³-hybridized carbons (Fsp3) is 0. The van der Waals surface area contributed by atoms with Crippen LogP contribution in [0.2, 0.25) is 0 Å². The molecule has 7 rings (SSSR count). The minimum atomic E-state index is -0.579. The van der Waals surface area contributed by atoms with Gasteiger partial charge in [-0.1, -0.05) is 18.2 Å². The highest BCUT2D eigenvalue weighted by Gasteiger charge is 2.22. The summed E-state index contributed by atoms with van der Waals surface area (Å²) in [5, 5.41) is 9.99. The second-order valence-corrected chi connectivity index (χ2v) is 9.21. The SMILES string of the molecule is O=C(Nc1cncc(-c2cnc3[nH]nc(-c4nc5c(-c6ccc(F)cc6)nccc5[nH]4)c3c2F)c1)c1ccccc1. The number of pyridine rings is 3. The first kappa shape index (κ1) is 24.2. The molecule has 11 heteroatoms. The van der Waals surface area contributed by atoms with Gasteiger partial charge in [-0.3, -0.25) is 19.9 Å². The largest absolute Gasteiger partial charge is 0.336 e. The van der Waals surface area contributed by atoms with Gasteiger partial charge in [-0.05, 0) is 48.5 Å². The summed E-state index contributed by atoms with van der Waals surface area (Å²) in [4.78, 5) is 33.4. The number of hydrogen-bond donors (Lipinski definition) is 3. The molecule has 198 valence electrons. The van der Waals surface area contributed by atoms with Gasteiger partial charge in [0.05, 0.1) is 28.5 Å². The molecule has 0 aliphatic carbocycles. The van der Waals surface area contributed by atoms with Crippen molar-refractivity contribution < 1.29 is 13.6 Å². The number of aromatic nitrogens is 7. The summed E-state index contributed by atoms with van der Waals surface area (Å²) in [5.74, 6) is -0.938. The van der Waals surface area contributed by atoms with Gasteiger partial charge in [0.2, 0.25) is 0 Å². The van der Waals surface area contributed by atoms with E-state index >= 15 is 4.39 Å². The first-order valence-electron chi connectivity index (χ1n) is 12.5. The number of carbonyl (C=O) groups is 1. The van der Waals surface area contributed by atoms with Crippen molar-refractivity contribution in [1.29, 1.82) is 0 Å². The molecular formula is C30H18F2N8O. The van der Waals surface area contributed by atoms with Gasteiger partial charge in [0.25, 0.3) is 5.91 Å². The number of anilines is 1. The number of imidazole rings is 1. The van der Waals surface area contributed by atoms with Crippen LogP contribution in [0.15, 0.2) is 91.5 Å². The topological polar surface area (TPSA) is 125 Å². The van der Waals surface area contributed by atoms with Crippen LogP contribution in [-0.4, -0.2) is 41.0 Å². The van der Waals surface area contributed by atoms with E-state index in [1.807, 2.05) is 6.07 Å². The normalized spacial score (nSPS) is 11.3. The standard InChI is InChI=1S/C30H18F2N8O/c31-19-8-6-16(7-9-19)25-26-22(10-11-34-25)37-29(38-26)27-23-24(32)21(15-35-28(23)40-39-27)18-12-20(14-33-13-18)36-30(41)17-4-2-1-3-5-17/h1-15H,(H,36,41)(H,37,38)(H,35,39,40). The lowest BCUT2D eigenvalue weighted by atomic mass is 10.1. The lowest BCUT2D eigenvalue weighted by Gasteiger charge is -2.08. The molecule has 0 unspecified atom stereocenters. The molecule has 0 saturated heterocycles. The Labute approximate surface area is 230 Å². The van der Waals surface area contributed by atoms with E-state index in [1.165, 1.54) is 30.7 Å². The van der Waals surface area contributed by atoms with Gasteiger partial charge < -0.3 is 10.3 Å². The molecule has 9 nitrogen and oxygen atoms in total. The number of benzene rings is 2. The fourth-order valence-electron chi connectivity index (χ4n) is 4.64. The Kier molecular flexibility index (Phi) is 5.74. The van der Waals surface area contributed by atoms with E-state index in [0.717, 1.165) is 0 Å². The summed E-state index contributed by atoms with van der Waals surface area (Å²) in [5.41, 5.74) is 4.36. The van der Waals surface area contributed by atoms with E-state index in [0.29, 0.717) is 44.9 Å². The third-order valence-electron chi connectivity index (χ3n) is 6.61. The third-order valence-corrected chi connectivity index (χ3v) is 6.61. The van der Waals surface area contributed by atoms with Crippen molar-refractivity contribution in [2.45, 2.75) is 0 Å².